The van der Waals surface area contributed by atoms with Gasteiger partial charge in [-0.3, -0.25) is 0 Å². The van der Waals surface area contributed by atoms with Gasteiger partial charge in [-0.05, 0) is 85.9 Å². The van der Waals surface area contributed by atoms with Gasteiger partial charge < -0.3 is 0 Å². The van der Waals surface area contributed by atoms with Gasteiger partial charge in [0.15, 0.2) is 0 Å². The molecule has 1 aliphatic rings. The Morgan fingerprint density at radius 3 is 2.14 bits per heavy atom. The van der Waals surface area contributed by atoms with Crippen LogP contribution in [0.2, 0.25) is 0 Å². The molecule has 0 atom stereocenters. The highest BCUT2D eigenvalue weighted by molar-refractivity contribution is 5.47. The monoisotopic (exact) mass is 386 g/mol. The number of hydrogen-bond donors (Lipinski definition) is 0. The summed E-state index contributed by atoms with van der Waals surface area (Å²) in [5.41, 5.74) is 3.48. The summed E-state index contributed by atoms with van der Waals surface area (Å²) in [6.45, 7) is 4.38. The Labute approximate surface area is 175 Å². The largest absolute Gasteiger partial charge is 0.206 e. The van der Waals surface area contributed by atoms with E-state index in [0.717, 1.165) is 35.4 Å². The normalized spacial score (nSPS) is 18.3. The molecule has 1 heteroatoms. The molecule has 0 radical (unpaired) electrons. The van der Waals surface area contributed by atoms with E-state index in [4.69, 9.17) is 0 Å². The smallest absolute Gasteiger partial charge is 0.139 e. The second-order valence-corrected chi connectivity index (χ2v) is 8.12. The van der Waals surface area contributed by atoms with Crippen molar-refractivity contribution in [2.45, 2.75) is 71.1 Å². The molecule has 0 aliphatic heterocycles. The minimum Gasteiger partial charge on any atom is -0.206 e. The third kappa shape index (κ3) is 6.24. The Morgan fingerprint density at radius 1 is 0.828 bits per heavy atom. The fourth-order valence-corrected chi connectivity index (χ4v) is 4.15. The van der Waals surface area contributed by atoms with Gasteiger partial charge in [0.05, 0.1) is 5.56 Å². The van der Waals surface area contributed by atoms with E-state index in [1.165, 1.54) is 38.5 Å². The predicted molar refractivity (Wildman–Crippen MR) is 120 cm³/mol. The van der Waals surface area contributed by atoms with E-state index in [2.05, 4.69) is 43.6 Å². The van der Waals surface area contributed by atoms with Crippen LogP contribution in [0, 0.1) is 35.4 Å². The molecule has 0 amide bonds. The summed E-state index contributed by atoms with van der Waals surface area (Å²) in [6.07, 6.45) is 9.51. The molecular formula is C28H31F. The number of unbranched alkanes of at least 4 members (excludes halogenated alkanes) is 1. The standard InChI is InChI=1S/C28H31F/c1-3-5-6-8-23-9-11-24(12-10-23)15-18-26-19-20-27(21-28(26)29)25-16-13-22(7-4-2)14-17-25/h9-12,19-22,25H,3-5,7,13-14,16-17H2,1-2H3/t22-,25-. The first-order valence-corrected chi connectivity index (χ1v) is 11.1. The zero-order valence-electron chi connectivity index (χ0n) is 17.7. The van der Waals surface area contributed by atoms with Gasteiger partial charge in [0.25, 0.3) is 0 Å². The Kier molecular flexibility index (Phi) is 7.95. The highest BCUT2D eigenvalue weighted by Gasteiger charge is 2.22. The van der Waals surface area contributed by atoms with Crippen molar-refractivity contribution in [2.24, 2.45) is 5.92 Å². The van der Waals surface area contributed by atoms with Crippen LogP contribution in [-0.4, -0.2) is 0 Å². The Bertz CT molecular complexity index is 907. The van der Waals surface area contributed by atoms with Crippen molar-refractivity contribution in [3.8, 4) is 23.7 Å². The molecule has 0 unspecified atom stereocenters. The van der Waals surface area contributed by atoms with Crippen LogP contribution < -0.4 is 0 Å². The van der Waals surface area contributed by atoms with Gasteiger partial charge in [0.1, 0.15) is 5.82 Å². The molecule has 1 aliphatic carbocycles. The maximum atomic E-state index is 14.6. The van der Waals surface area contributed by atoms with E-state index >= 15 is 0 Å². The van der Waals surface area contributed by atoms with Crippen molar-refractivity contribution in [1.29, 1.82) is 0 Å². The highest BCUT2D eigenvalue weighted by atomic mass is 19.1. The van der Waals surface area contributed by atoms with E-state index in [-0.39, 0.29) is 5.82 Å². The summed E-state index contributed by atoms with van der Waals surface area (Å²) in [6, 6.07) is 13.5. The Balaban J connectivity index is 1.64. The fourth-order valence-electron chi connectivity index (χ4n) is 4.15. The minimum atomic E-state index is -0.201. The molecule has 0 saturated heterocycles. The Morgan fingerprint density at radius 2 is 1.52 bits per heavy atom. The van der Waals surface area contributed by atoms with Crippen molar-refractivity contribution in [1.82, 2.24) is 0 Å². The zero-order valence-corrected chi connectivity index (χ0v) is 17.7. The molecule has 29 heavy (non-hydrogen) atoms. The summed E-state index contributed by atoms with van der Waals surface area (Å²) >= 11 is 0. The molecule has 2 aromatic rings. The lowest BCUT2D eigenvalue weighted by atomic mass is 9.77. The summed E-state index contributed by atoms with van der Waals surface area (Å²) in [5, 5.41) is 0. The van der Waals surface area contributed by atoms with Gasteiger partial charge >= 0.3 is 0 Å². The SMILES string of the molecule is CCCC#Cc1ccc(C#Cc2ccc([C@H]3CC[C@H](CCC)CC3)cc2F)cc1. The third-order valence-electron chi connectivity index (χ3n) is 5.84. The molecule has 1 saturated carbocycles. The molecule has 0 N–H and O–H groups in total. The van der Waals surface area contributed by atoms with Gasteiger partial charge in [0.2, 0.25) is 0 Å². The second kappa shape index (κ2) is 10.9. The predicted octanol–water partition coefficient (Wildman–Crippen LogP) is 7.45. The van der Waals surface area contributed by atoms with Gasteiger partial charge in [-0.25, -0.2) is 4.39 Å². The molecule has 0 spiro atoms. The van der Waals surface area contributed by atoms with Crippen molar-refractivity contribution in [2.75, 3.05) is 0 Å². The Hall–Kier alpha value is -2.51. The van der Waals surface area contributed by atoms with Crippen molar-refractivity contribution in [3.05, 3.63) is 70.5 Å². The molecule has 0 aromatic heterocycles. The summed E-state index contributed by atoms with van der Waals surface area (Å²) in [7, 11) is 0. The lowest BCUT2D eigenvalue weighted by molar-refractivity contribution is 0.308. The fraction of sp³-hybridized carbons (Fsp3) is 0.429. The first kappa shape index (κ1) is 21.2. The van der Waals surface area contributed by atoms with E-state index in [9.17, 15) is 4.39 Å². The quantitative estimate of drug-likeness (QED) is 0.479. The lowest BCUT2D eigenvalue weighted by Crippen LogP contribution is -2.13. The van der Waals surface area contributed by atoms with E-state index in [0.29, 0.717) is 11.5 Å². The first-order valence-electron chi connectivity index (χ1n) is 11.1. The molecule has 1 fully saturated rings. The van der Waals surface area contributed by atoms with Crippen LogP contribution in [0.3, 0.4) is 0 Å². The summed E-state index contributed by atoms with van der Waals surface area (Å²) in [5.74, 6) is 13.5. The highest BCUT2D eigenvalue weighted by Crippen LogP contribution is 2.37. The average Bonchev–Trinajstić information content (AvgIpc) is 2.75. The molecule has 150 valence electrons. The van der Waals surface area contributed by atoms with Crippen LogP contribution in [-0.2, 0) is 0 Å². The number of hydrogen-bond acceptors (Lipinski definition) is 0. The molecule has 0 heterocycles. The van der Waals surface area contributed by atoms with E-state index in [1.807, 2.05) is 30.3 Å². The maximum absolute atomic E-state index is 14.6. The van der Waals surface area contributed by atoms with Crippen LogP contribution >= 0.6 is 0 Å². The third-order valence-corrected chi connectivity index (χ3v) is 5.84. The van der Waals surface area contributed by atoms with Crippen LogP contribution in [0.4, 0.5) is 4.39 Å². The van der Waals surface area contributed by atoms with Crippen LogP contribution in [0.1, 0.15) is 93.4 Å². The molecule has 0 bridgehead atoms. The molecular weight excluding hydrogens is 355 g/mol. The summed E-state index contributed by atoms with van der Waals surface area (Å²) < 4.78 is 14.6. The van der Waals surface area contributed by atoms with Crippen LogP contribution in [0.15, 0.2) is 42.5 Å². The number of rotatable bonds is 4. The van der Waals surface area contributed by atoms with Gasteiger partial charge in [-0.15, -0.1) is 0 Å². The summed E-state index contributed by atoms with van der Waals surface area (Å²) in [4.78, 5) is 0. The van der Waals surface area contributed by atoms with E-state index < -0.39 is 0 Å². The van der Waals surface area contributed by atoms with Crippen LogP contribution in [0.25, 0.3) is 0 Å². The minimum absolute atomic E-state index is 0.201. The van der Waals surface area contributed by atoms with Crippen molar-refractivity contribution in [3.63, 3.8) is 0 Å². The van der Waals surface area contributed by atoms with E-state index in [1.54, 1.807) is 6.07 Å². The zero-order chi connectivity index (χ0) is 20.5. The van der Waals surface area contributed by atoms with Crippen LogP contribution in [0.5, 0.6) is 0 Å². The number of benzene rings is 2. The molecule has 0 nitrogen and oxygen atoms in total. The van der Waals surface area contributed by atoms with Gasteiger partial charge in [-0.2, -0.15) is 0 Å². The van der Waals surface area contributed by atoms with Crippen molar-refractivity contribution < 1.29 is 4.39 Å². The number of halogens is 1. The maximum Gasteiger partial charge on any atom is 0.139 e. The average molecular weight is 387 g/mol. The lowest BCUT2D eigenvalue weighted by Gasteiger charge is -2.28. The molecule has 2 aromatic carbocycles. The van der Waals surface area contributed by atoms with Crippen molar-refractivity contribution >= 4 is 0 Å². The second-order valence-electron chi connectivity index (χ2n) is 8.12. The first-order chi connectivity index (χ1) is 14.2. The molecule has 3 rings (SSSR count). The van der Waals surface area contributed by atoms with Gasteiger partial charge in [-0.1, -0.05) is 56.4 Å². The van der Waals surface area contributed by atoms with Gasteiger partial charge in [0, 0.05) is 17.5 Å². The topological polar surface area (TPSA) is 0 Å².